The maximum Gasteiger partial charge on any atom is 0.129 e. The molecule has 0 bridgehead atoms. The van der Waals surface area contributed by atoms with Gasteiger partial charge in [-0.05, 0) is 42.9 Å². The number of alkyl halides is 1. The highest BCUT2D eigenvalue weighted by Crippen LogP contribution is 2.25. The third kappa shape index (κ3) is 3.85. The molecule has 3 heteroatoms. The van der Waals surface area contributed by atoms with Gasteiger partial charge in [-0.15, -0.1) is 11.6 Å². The fourth-order valence-electron chi connectivity index (χ4n) is 2.83. The highest BCUT2D eigenvalue weighted by Gasteiger charge is 2.19. The van der Waals surface area contributed by atoms with Crippen molar-refractivity contribution in [3.8, 4) is 0 Å². The lowest BCUT2D eigenvalue weighted by Crippen LogP contribution is -2.34. The van der Waals surface area contributed by atoms with Crippen molar-refractivity contribution >= 4 is 17.4 Å². The minimum Gasteiger partial charge on any atom is -0.357 e. The van der Waals surface area contributed by atoms with E-state index in [9.17, 15) is 0 Å². The Morgan fingerprint density at radius 1 is 1.26 bits per heavy atom. The van der Waals surface area contributed by atoms with Gasteiger partial charge in [0, 0.05) is 24.7 Å². The molecule has 1 fully saturated rings. The van der Waals surface area contributed by atoms with Crippen LogP contribution < -0.4 is 4.90 Å². The van der Waals surface area contributed by atoms with Crippen molar-refractivity contribution < 1.29 is 0 Å². The Kier molecular flexibility index (Phi) is 5.50. The van der Waals surface area contributed by atoms with Gasteiger partial charge in [0.05, 0.1) is 0 Å². The van der Waals surface area contributed by atoms with Crippen LogP contribution in [0.25, 0.3) is 0 Å². The lowest BCUT2D eigenvalue weighted by Gasteiger charge is -2.32. The first-order valence-corrected chi connectivity index (χ1v) is 8.11. The molecule has 1 aromatic rings. The van der Waals surface area contributed by atoms with E-state index in [0.29, 0.717) is 5.88 Å². The van der Waals surface area contributed by atoms with E-state index in [0.717, 1.165) is 37.7 Å². The van der Waals surface area contributed by atoms with Crippen molar-refractivity contribution in [2.75, 3.05) is 18.0 Å². The van der Waals surface area contributed by atoms with Gasteiger partial charge in [-0.25, -0.2) is 4.98 Å². The zero-order valence-corrected chi connectivity index (χ0v) is 12.9. The predicted octanol–water partition coefficient (Wildman–Crippen LogP) is 4.40. The van der Waals surface area contributed by atoms with Crippen molar-refractivity contribution in [1.82, 2.24) is 4.98 Å². The van der Waals surface area contributed by atoms with E-state index in [1.165, 1.54) is 30.5 Å². The van der Waals surface area contributed by atoms with Crippen molar-refractivity contribution in [3.63, 3.8) is 0 Å². The second kappa shape index (κ2) is 7.14. The molecule has 1 aromatic heterocycles. The molecule has 0 atom stereocenters. The highest BCUT2D eigenvalue weighted by atomic mass is 35.5. The first-order valence-electron chi connectivity index (χ1n) is 7.57. The number of halogens is 1. The van der Waals surface area contributed by atoms with Crippen LogP contribution in [0.2, 0.25) is 0 Å². The normalized spacial score (nSPS) is 16.9. The van der Waals surface area contributed by atoms with Crippen LogP contribution in [0.4, 0.5) is 5.82 Å². The van der Waals surface area contributed by atoms with Crippen molar-refractivity contribution in [3.05, 3.63) is 23.4 Å². The fraction of sp³-hybridized carbons (Fsp3) is 0.688. The summed E-state index contributed by atoms with van der Waals surface area (Å²) in [6.45, 7) is 6.78. The van der Waals surface area contributed by atoms with E-state index < -0.39 is 0 Å². The van der Waals surface area contributed by atoms with Crippen LogP contribution in [0.15, 0.2) is 12.1 Å². The standard InChI is InChI=1S/C16H25ClN2/c1-3-5-15-10-14(12-17)11-16(18-15)19-8-6-13(4-2)7-9-19/h10-11,13H,3-9,12H2,1-2H3. The molecule has 1 aliphatic rings. The number of aromatic nitrogens is 1. The molecule has 0 N–H and O–H groups in total. The molecular formula is C16H25ClN2. The topological polar surface area (TPSA) is 16.1 Å². The quantitative estimate of drug-likeness (QED) is 0.743. The smallest absolute Gasteiger partial charge is 0.129 e. The summed E-state index contributed by atoms with van der Waals surface area (Å²) in [5, 5.41) is 0. The zero-order valence-electron chi connectivity index (χ0n) is 12.2. The number of nitrogens with zero attached hydrogens (tertiary/aromatic N) is 2. The van der Waals surface area contributed by atoms with Crippen LogP contribution in [0.3, 0.4) is 0 Å². The maximum atomic E-state index is 6.01. The van der Waals surface area contributed by atoms with Gasteiger partial charge in [-0.3, -0.25) is 0 Å². The van der Waals surface area contributed by atoms with Gasteiger partial charge < -0.3 is 4.90 Å². The second-order valence-corrected chi connectivity index (χ2v) is 5.81. The molecule has 1 aliphatic heterocycles. The lowest BCUT2D eigenvalue weighted by molar-refractivity contribution is 0.393. The molecule has 2 heterocycles. The predicted molar refractivity (Wildman–Crippen MR) is 83.0 cm³/mol. The second-order valence-electron chi connectivity index (χ2n) is 5.55. The summed E-state index contributed by atoms with van der Waals surface area (Å²) in [6.07, 6.45) is 6.09. The van der Waals surface area contributed by atoms with Crippen LogP contribution in [-0.4, -0.2) is 18.1 Å². The number of hydrogen-bond acceptors (Lipinski definition) is 2. The fourth-order valence-corrected chi connectivity index (χ4v) is 2.98. The molecule has 0 aliphatic carbocycles. The van der Waals surface area contributed by atoms with E-state index in [4.69, 9.17) is 16.6 Å². The molecule has 0 aromatic carbocycles. The molecule has 0 unspecified atom stereocenters. The number of rotatable bonds is 5. The largest absolute Gasteiger partial charge is 0.357 e. The van der Waals surface area contributed by atoms with Gasteiger partial charge in [0.2, 0.25) is 0 Å². The summed E-state index contributed by atoms with van der Waals surface area (Å²) >= 11 is 6.01. The van der Waals surface area contributed by atoms with Gasteiger partial charge in [0.25, 0.3) is 0 Å². The number of anilines is 1. The molecule has 0 amide bonds. The van der Waals surface area contributed by atoms with Gasteiger partial charge in [-0.2, -0.15) is 0 Å². The lowest BCUT2D eigenvalue weighted by atomic mass is 9.94. The molecule has 1 saturated heterocycles. The van der Waals surface area contributed by atoms with Crippen LogP contribution in [0.1, 0.15) is 50.8 Å². The first-order chi connectivity index (χ1) is 9.26. The molecule has 2 rings (SSSR count). The Hall–Kier alpha value is -0.760. The zero-order chi connectivity index (χ0) is 13.7. The van der Waals surface area contributed by atoms with E-state index in [-0.39, 0.29) is 0 Å². The summed E-state index contributed by atoms with van der Waals surface area (Å²) < 4.78 is 0. The van der Waals surface area contributed by atoms with E-state index in [2.05, 4.69) is 30.9 Å². The van der Waals surface area contributed by atoms with Crippen molar-refractivity contribution in [2.24, 2.45) is 5.92 Å². The molecule has 2 nitrogen and oxygen atoms in total. The molecule has 0 radical (unpaired) electrons. The Bertz CT molecular complexity index is 398. The van der Waals surface area contributed by atoms with E-state index in [1.54, 1.807) is 0 Å². The Balaban J connectivity index is 2.12. The Morgan fingerprint density at radius 3 is 2.58 bits per heavy atom. The molecule has 0 spiro atoms. The number of pyridine rings is 1. The summed E-state index contributed by atoms with van der Waals surface area (Å²) in [5.74, 6) is 2.62. The Morgan fingerprint density at radius 2 is 2.00 bits per heavy atom. The van der Waals surface area contributed by atoms with Gasteiger partial charge >= 0.3 is 0 Å². The van der Waals surface area contributed by atoms with E-state index in [1.807, 2.05) is 0 Å². The van der Waals surface area contributed by atoms with Crippen molar-refractivity contribution in [2.45, 2.75) is 51.8 Å². The summed E-state index contributed by atoms with van der Waals surface area (Å²) in [7, 11) is 0. The molecule has 19 heavy (non-hydrogen) atoms. The van der Waals surface area contributed by atoms with Crippen LogP contribution >= 0.6 is 11.6 Å². The molecular weight excluding hydrogens is 256 g/mol. The number of aryl methyl sites for hydroxylation is 1. The van der Waals surface area contributed by atoms with Crippen LogP contribution in [0, 0.1) is 5.92 Å². The minimum absolute atomic E-state index is 0.581. The average Bonchev–Trinajstić information content (AvgIpc) is 2.47. The monoisotopic (exact) mass is 280 g/mol. The Labute approximate surface area is 122 Å². The van der Waals surface area contributed by atoms with Gasteiger partial charge in [0.1, 0.15) is 5.82 Å². The highest BCUT2D eigenvalue weighted by molar-refractivity contribution is 6.17. The van der Waals surface area contributed by atoms with E-state index >= 15 is 0 Å². The minimum atomic E-state index is 0.581. The number of hydrogen-bond donors (Lipinski definition) is 0. The van der Waals surface area contributed by atoms with Gasteiger partial charge in [0.15, 0.2) is 0 Å². The summed E-state index contributed by atoms with van der Waals surface area (Å²) in [6, 6.07) is 4.32. The SMILES string of the molecule is CCCc1cc(CCl)cc(N2CCC(CC)CC2)n1. The first kappa shape index (κ1) is 14.6. The third-order valence-corrected chi connectivity index (χ3v) is 4.41. The molecule has 0 saturated carbocycles. The third-order valence-electron chi connectivity index (χ3n) is 4.10. The summed E-state index contributed by atoms with van der Waals surface area (Å²) in [5.41, 5.74) is 2.39. The van der Waals surface area contributed by atoms with Crippen molar-refractivity contribution in [1.29, 1.82) is 0 Å². The maximum absolute atomic E-state index is 6.01. The number of piperidine rings is 1. The van der Waals surface area contributed by atoms with Crippen LogP contribution in [0.5, 0.6) is 0 Å². The summed E-state index contributed by atoms with van der Waals surface area (Å²) in [4.78, 5) is 7.24. The van der Waals surface area contributed by atoms with Gasteiger partial charge in [-0.1, -0.05) is 26.7 Å². The van der Waals surface area contributed by atoms with Crippen LogP contribution in [-0.2, 0) is 12.3 Å². The molecule has 106 valence electrons. The average molecular weight is 281 g/mol.